The molecule has 11 nitrogen and oxygen atoms in total. The molecule has 0 radical (unpaired) electrons. The van der Waals surface area contributed by atoms with Crippen molar-refractivity contribution in [1.82, 2.24) is 49.0 Å². The van der Waals surface area contributed by atoms with Crippen LogP contribution in [0.2, 0.25) is 0 Å². The minimum Gasteiger partial charge on any atom is -0.491 e. The van der Waals surface area contributed by atoms with Gasteiger partial charge in [-0.2, -0.15) is 10.2 Å². The molecule has 0 N–H and O–H groups in total. The van der Waals surface area contributed by atoms with Gasteiger partial charge in [-0.05, 0) is 54.4 Å². The molecule has 0 unspecified atom stereocenters. The number of fused-ring (bicyclic) bond motifs is 3. The summed E-state index contributed by atoms with van der Waals surface area (Å²) in [7, 11) is 0. The first kappa shape index (κ1) is 24.7. The fourth-order valence-electron chi connectivity index (χ4n) is 5.46. The molecule has 2 aliphatic rings. The van der Waals surface area contributed by atoms with Gasteiger partial charge < -0.3 is 9.30 Å². The highest BCUT2D eigenvalue weighted by Gasteiger charge is 2.30. The average Bonchev–Trinajstić information content (AvgIpc) is 3.60. The number of hydrogen-bond donors (Lipinski definition) is 0. The van der Waals surface area contributed by atoms with Gasteiger partial charge in [0.15, 0.2) is 11.6 Å². The zero-order valence-electron chi connectivity index (χ0n) is 23.1. The van der Waals surface area contributed by atoms with Crippen molar-refractivity contribution < 1.29 is 4.74 Å². The molecule has 38 heavy (non-hydrogen) atoms. The zero-order chi connectivity index (χ0) is 26.6. The first-order valence-corrected chi connectivity index (χ1v) is 13.5. The molecule has 0 atom stereocenters. The molecule has 2 aliphatic heterocycles. The average molecular weight is 517 g/mol. The zero-order valence-corrected chi connectivity index (χ0v) is 23.1. The molecule has 0 bridgehead atoms. The van der Waals surface area contributed by atoms with Crippen molar-refractivity contribution in [2.24, 2.45) is 0 Å². The van der Waals surface area contributed by atoms with E-state index < -0.39 is 0 Å². The number of ether oxygens (including phenoxy) is 1. The predicted octanol–water partition coefficient (Wildman–Crippen LogP) is 4.18. The molecule has 0 spiro atoms. The molecular weight excluding hydrogens is 480 g/mol. The Balaban J connectivity index is 1.31. The normalized spacial score (nSPS) is 16.8. The van der Waals surface area contributed by atoms with Gasteiger partial charge in [0.1, 0.15) is 41.7 Å². The van der Waals surface area contributed by atoms with Gasteiger partial charge in [-0.25, -0.2) is 24.3 Å². The van der Waals surface area contributed by atoms with Crippen molar-refractivity contribution in [3.63, 3.8) is 0 Å². The second-order valence-electron chi connectivity index (χ2n) is 11.5. The third kappa shape index (κ3) is 4.38. The van der Waals surface area contributed by atoms with Crippen LogP contribution < -0.4 is 4.74 Å². The highest BCUT2D eigenvalue weighted by atomic mass is 16.5. The van der Waals surface area contributed by atoms with Crippen LogP contribution in [-0.2, 0) is 6.54 Å². The van der Waals surface area contributed by atoms with Gasteiger partial charge >= 0.3 is 0 Å². The maximum atomic E-state index is 6.18. The molecule has 0 amide bonds. The molecule has 4 aromatic heterocycles. The Kier molecular flexibility index (Phi) is 6.05. The van der Waals surface area contributed by atoms with Crippen molar-refractivity contribution in [3.8, 4) is 40.2 Å². The standard InChI is InChI=1S/C27H36N10O/c1-17(2)36-26(31-18(3)33-36)22-15-34-11-12-38-23-13-21(28-14-20(23)24(34)32-22)25-29-16-30-37(25)19-7-9-35(10-8-19)27(4,5)6/h13-17,19H,7-12H2,1-6H3. The van der Waals surface area contributed by atoms with Crippen LogP contribution in [0.15, 0.2) is 24.8 Å². The smallest absolute Gasteiger partial charge is 0.178 e. The summed E-state index contributed by atoms with van der Waals surface area (Å²) in [6.45, 7) is 16.2. The number of aromatic nitrogens is 9. The molecule has 0 aromatic carbocycles. The Morgan fingerprint density at radius 1 is 0.974 bits per heavy atom. The first-order chi connectivity index (χ1) is 18.2. The molecule has 1 fully saturated rings. The highest BCUT2D eigenvalue weighted by molar-refractivity contribution is 5.70. The minimum absolute atomic E-state index is 0.181. The van der Waals surface area contributed by atoms with Gasteiger partial charge in [-0.1, -0.05) is 0 Å². The van der Waals surface area contributed by atoms with E-state index >= 15 is 0 Å². The van der Waals surface area contributed by atoms with Gasteiger partial charge in [0, 0.05) is 43.1 Å². The lowest BCUT2D eigenvalue weighted by Crippen LogP contribution is -2.46. The van der Waals surface area contributed by atoms with Crippen LogP contribution in [-0.4, -0.2) is 74.2 Å². The predicted molar refractivity (Wildman–Crippen MR) is 144 cm³/mol. The number of pyridine rings is 1. The summed E-state index contributed by atoms with van der Waals surface area (Å²) < 4.78 is 12.3. The van der Waals surface area contributed by atoms with Gasteiger partial charge in [-0.15, -0.1) is 0 Å². The second-order valence-corrected chi connectivity index (χ2v) is 11.5. The maximum Gasteiger partial charge on any atom is 0.178 e. The quantitative estimate of drug-likeness (QED) is 0.398. The summed E-state index contributed by atoms with van der Waals surface area (Å²) in [5.41, 5.74) is 2.60. The largest absolute Gasteiger partial charge is 0.491 e. The van der Waals surface area contributed by atoms with Crippen molar-refractivity contribution in [2.75, 3.05) is 19.7 Å². The van der Waals surface area contributed by atoms with Gasteiger partial charge in [0.2, 0.25) is 0 Å². The van der Waals surface area contributed by atoms with Crippen LogP contribution in [0.25, 0.3) is 34.4 Å². The van der Waals surface area contributed by atoms with Crippen LogP contribution in [0, 0.1) is 6.92 Å². The van der Waals surface area contributed by atoms with Crippen molar-refractivity contribution >= 4 is 0 Å². The van der Waals surface area contributed by atoms with Crippen molar-refractivity contribution in [3.05, 3.63) is 30.6 Å². The van der Waals surface area contributed by atoms with E-state index in [0.717, 1.165) is 71.9 Å². The van der Waals surface area contributed by atoms with Crippen LogP contribution in [0.3, 0.4) is 0 Å². The fraction of sp³-hybridized carbons (Fsp3) is 0.556. The summed E-state index contributed by atoms with van der Waals surface area (Å²) in [6.07, 6.45) is 7.58. The molecule has 0 saturated carbocycles. The number of imidazole rings is 1. The number of rotatable bonds is 4. The molecule has 200 valence electrons. The van der Waals surface area contributed by atoms with Crippen LogP contribution in [0.4, 0.5) is 0 Å². The summed E-state index contributed by atoms with van der Waals surface area (Å²) in [6, 6.07) is 2.46. The Morgan fingerprint density at radius 2 is 1.76 bits per heavy atom. The SMILES string of the molecule is Cc1nc(-c2cn3c(n2)-c2cnc(-c4ncnn4C4CCN(C(C)(C)C)CC4)cc2OCC3)n(C(C)C)n1. The molecule has 6 heterocycles. The lowest BCUT2D eigenvalue weighted by Gasteiger charge is -2.40. The molecular formula is C27H36N10O. The summed E-state index contributed by atoms with van der Waals surface area (Å²) in [4.78, 5) is 21.6. The summed E-state index contributed by atoms with van der Waals surface area (Å²) in [5, 5.41) is 9.17. The van der Waals surface area contributed by atoms with E-state index in [0.29, 0.717) is 19.2 Å². The Morgan fingerprint density at radius 3 is 2.50 bits per heavy atom. The third-order valence-corrected chi connectivity index (χ3v) is 7.49. The van der Waals surface area contributed by atoms with Crippen molar-refractivity contribution in [2.45, 2.75) is 78.6 Å². The highest BCUT2D eigenvalue weighted by Crippen LogP contribution is 2.36. The van der Waals surface area contributed by atoms with Gasteiger partial charge in [0.25, 0.3) is 0 Å². The summed E-state index contributed by atoms with van der Waals surface area (Å²) in [5.74, 6) is 3.86. The van der Waals surface area contributed by atoms with E-state index in [9.17, 15) is 0 Å². The van der Waals surface area contributed by atoms with E-state index in [4.69, 9.17) is 14.7 Å². The maximum absolute atomic E-state index is 6.18. The molecule has 11 heteroatoms. The Bertz CT molecular complexity index is 1450. The fourth-order valence-corrected chi connectivity index (χ4v) is 5.46. The van der Waals surface area contributed by atoms with E-state index in [1.807, 2.05) is 34.7 Å². The van der Waals surface area contributed by atoms with Crippen molar-refractivity contribution in [1.29, 1.82) is 0 Å². The van der Waals surface area contributed by atoms with Gasteiger partial charge in [-0.3, -0.25) is 9.88 Å². The number of hydrogen-bond acceptors (Lipinski definition) is 8. The number of aryl methyl sites for hydroxylation is 1. The van der Waals surface area contributed by atoms with Crippen LogP contribution in [0.5, 0.6) is 5.75 Å². The lowest BCUT2D eigenvalue weighted by atomic mass is 9.98. The van der Waals surface area contributed by atoms with E-state index in [1.165, 1.54) is 0 Å². The molecule has 1 saturated heterocycles. The Hall–Kier alpha value is -3.60. The Labute approximate surface area is 222 Å². The van der Waals surface area contributed by atoms with E-state index in [1.54, 1.807) is 6.33 Å². The van der Waals surface area contributed by atoms with E-state index in [-0.39, 0.29) is 11.6 Å². The van der Waals surface area contributed by atoms with Crippen LogP contribution in [0.1, 0.15) is 65.4 Å². The first-order valence-electron chi connectivity index (χ1n) is 13.5. The monoisotopic (exact) mass is 516 g/mol. The summed E-state index contributed by atoms with van der Waals surface area (Å²) >= 11 is 0. The number of nitrogens with zero attached hydrogens (tertiary/aromatic N) is 10. The molecule has 4 aromatic rings. The lowest BCUT2D eigenvalue weighted by molar-refractivity contribution is 0.0873. The number of piperidine rings is 1. The third-order valence-electron chi connectivity index (χ3n) is 7.49. The van der Waals surface area contributed by atoms with Crippen LogP contribution >= 0.6 is 0 Å². The van der Waals surface area contributed by atoms with E-state index in [2.05, 4.69) is 64.3 Å². The van der Waals surface area contributed by atoms with Gasteiger partial charge in [0.05, 0.1) is 18.2 Å². The topological polar surface area (TPSA) is 105 Å². The molecule has 6 rings (SSSR count). The minimum atomic E-state index is 0.181. The second kappa shape index (κ2) is 9.30. The number of likely N-dealkylation sites (tertiary alicyclic amines) is 1. The molecule has 0 aliphatic carbocycles.